The number of hydrogen-bond donors (Lipinski definition) is 2. The standard InChI is InChI=1S/C22H22F2N4O4/c1-22(14-2-4-15(23)5-3-14)20(30)28(21(31)26-22)13-19(29)25-16-6-7-18(17(24)12-16)27-8-10-32-11-9-27/h2-7,12H,8-11,13H2,1H3,(H,25,29)(H,26,31). The molecule has 2 aromatic rings. The summed E-state index contributed by atoms with van der Waals surface area (Å²) >= 11 is 0. The topological polar surface area (TPSA) is 91.0 Å². The summed E-state index contributed by atoms with van der Waals surface area (Å²) in [6.07, 6.45) is 0. The van der Waals surface area contributed by atoms with E-state index in [1.807, 2.05) is 4.90 Å². The lowest BCUT2D eigenvalue weighted by Crippen LogP contribution is -2.42. The summed E-state index contributed by atoms with van der Waals surface area (Å²) in [7, 11) is 0. The van der Waals surface area contributed by atoms with Gasteiger partial charge in [0, 0.05) is 18.8 Å². The van der Waals surface area contributed by atoms with Crippen molar-refractivity contribution in [2.45, 2.75) is 12.5 Å². The van der Waals surface area contributed by atoms with Crippen molar-refractivity contribution >= 4 is 29.2 Å². The molecule has 2 aliphatic heterocycles. The Bertz CT molecular complexity index is 1060. The first-order chi connectivity index (χ1) is 15.3. The lowest BCUT2D eigenvalue weighted by molar-refractivity contribution is -0.133. The second kappa shape index (κ2) is 8.54. The molecule has 2 aliphatic rings. The van der Waals surface area contributed by atoms with Crippen LogP contribution in [-0.4, -0.2) is 55.6 Å². The summed E-state index contributed by atoms with van der Waals surface area (Å²) < 4.78 is 33.0. The molecule has 2 aromatic carbocycles. The third kappa shape index (κ3) is 4.13. The van der Waals surface area contributed by atoms with Crippen LogP contribution in [0.25, 0.3) is 0 Å². The largest absolute Gasteiger partial charge is 0.378 e. The van der Waals surface area contributed by atoms with E-state index in [0.29, 0.717) is 37.6 Å². The Morgan fingerprint density at radius 2 is 1.81 bits per heavy atom. The Balaban J connectivity index is 1.42. The van der Waals surface area contributed by atoms with E-state index in [1.54, 1.807) is 12.1 Å². The van der Waals surface area contributed by atoms with Crippen LogP contribution in [0.4, 0.5) is 25.0 Å². The molecule has 2 fully saturated rings. The smallest absolute Gasteiger partial charge is 0.325 e. The van der Waals surface area contributed by atoms with Gasteiger partial charge in [0.15, 0.2) is 0 Å². The van der Waals surface area contributed by atoms with Crippen molar-refractivity contribution in [1.29, 1.82) is 0 Å². The fraction of sp³-hybridized carbons (Fsp3) is 0.318. The molecular weight excluding hydrogens is 422 g/mol. The van der Waals surface area contributed by atoms with E-state index < -0.39 is 41.6 Å². The molecular formula is C22H22F2N4O4. The van der Waals surface area contributed by atoms with Gasteiger partial charge in [0.1, 0.15) is 23.7 Å². The number of hydrogen-bond acceptors (Lipinski definition) is 5. The number of ether oxygens (including phenoxy) is 1. The van der Waals surface area contributed by atoms with E-state index >= 15 is 0 Å². The van der Waals surface area contributed by atoms with Crippen molar-refractivity contribution in [3.8, 4) is 0 Å². The molecule has 168 valence electrons. The Kier molecular flexibility index (Phi) is 5.79. The number of imide groups is 1. The first kappa shape index (κ1) is 21.7. The molecule has 4 amide bonds. The van der Waals surface area contributed by atoms with Crippen LogP contribution in [-0.2, 0) is 19.9 Å². The molecule has 1 atom stereocenters. The Morgan fingerprint density at radius 1 is 1.12 bits per heavy atom. The summed E-state index contributed by atoms with van der Waals surface area (Å²) in [6, 6.07) is 8.74. The number of rotatable bonds is 5. The molecule has 0 bridgehead atoms. The summed E-state index contributed by atoms with van der Waals surface area (Å²) in [5.74, 6) is -2.27. The van der Waals surface area contributed by atoms with E-state index in [9.17, 15) is 23.2 Å². The average Bonchev–Trinajstić information content (AvgIpc) is 2.98. The number of urea groups is 1. The number of anilines is 2. The molecule has 0 saturated carbocycles. The zero-order valence-electron chi connectivity index (χ0n) is 17.4. The quantitative estimate of drug-likeness (QED) is 0.691. The number of morpholine rings is 1. The molecule has 0 aliphatic carbocycles. The van der Waals surface area contributed by atoms with Crippen LogP contribution in [0.2, 0.25) is 0 Å². The highest BCUT2D eigenvalue weighted by Crippen LogP contribution is 2.29. The molecule has 4 rings (SSSR count). The molecule has 32 heavy (non-hydrogen) atoms. The van der Waals surface area contributed by atoms with Gasteiger partial charge in [-0.15, -0.1) is 0 Å². The Morgan fingerprint density at radius 3 is 2.47 bits per heavy atom. The molecule has 2 N–H and O–H groups in total. The van der Waals surface area contributed by atoms with Gasteiger partial charge in [0.05, 0.1) is 18.9 Å². The number of benzene rings is 2. The summed E-state index contributed by atoms with van der Waals surface area (Å²) in [6.45, 7) is 3.11. The molecule has 8 nitrogen and oxygen atoms in total. The van der Waals surface area contributed by atoms with Gasteiger partial charge in [-0.3, -0.25) is 14.5 Å². The van der Waals surface area contributed by atoms with Crippen molar-refractivity contribution in [3.63, 3.8) is 0 Å². The van der Waals surface area contributed by atoms with E-state index in [-0.39, 0.29) is 5.69 Å². The molecule has 2 heterocycles. The van der Waals surface area contributed by atoms with Crippen LogP contribution in [0, 0.1) is 11.6 Å². The van der Waals surface area contributed by atoms with Crippen molar-refractivity contribution in [3.05, 3.63) is 59.7 Å². The van der Waals surface area contributed by atoms with Crippen LogP contribution < -0.4 is 15.5 Å². The monoisotopic (exact) mass is 444 g/mol. The maximum absolute atomic E-state index is 14.5. The number of nitrogens with one attached hydrogen (secondary N) is 2. The van der Waals surface area contributed by atoms with Crippen LogP contribution >= 0.6 is 0 Å². The second-order valence-corrected chi connectivity index (χ2v) is 7.77. The third-order valence-corrected chi connectivity index (χ3v) is 5.58. The minimum absolute atomic E-state index is 0.206. The highest BCUT2D eigenvalue weighted by molar-refractivity contribution is 6.10. The van der Waals surface area contributed by atoms with Crippen LogP contribution in [0.5, 0.6) is 0 Å². The van der Waals surface area contributed by atoms with Gasteiger partial charge >= 0.3 is 6.03 Å². The van der Waals surface area contributed by atoms with Crippen molar-refractivity contribution in [2.75, 3.05) is 43.1 Å². The summed E-state index contributed by atoms with van der Waals surface area (Å²) in [5.41, 5.74) is -0.411. The van der Waals surface area contributed by atoms with Gasteiger partial charge in [-0.2, -0.15) is 0 Å². The van der Waals surface area contributed by atoms with Gasteiger partial charge < -0.3 is 20.3 Å². The molecule has 10 heteroatoms. The first-order valence-electron chi connectivity index (χ1n) is 10.1. The molecule has 0 spiro atoms. The summed E-state index contributed by atoms with van der Waals surface area (Å²) in [4.78, 5) is 40.3. The number of nitrogens with zero attached hydrogens (tertiary/aromatic N) is 2. The fourth-order valence-corrected chi connectivity index (χ4v) is 3.81. The fourth-order valence-electron chi connectivity index (χ4n) is 3.81. The molecule has 0 aromatic heterocycles. The van der Waals surface area contributed by atoms with Gasteiger partial charge in [0.25, 0.3) is 5.91 Å². The van der Waals surface area contributed by atoms with Gasteiger partial charge in [-0.25, -0.2) is 13.6 Å². The van der Waals surface area contributed by atoms with Gasteiger partial charge in [-0.05, 0) is 42.8 Å². The number of carbonyl (C=O) groups excluding carboxylic acids is 3. The van der Waals surface area contributed by atoms with Crippen LogP contribution in [0.1, 0.15) is 12.5 Å². The summed E-state index contributed by atoms with van der Waals surface area (Å²) in [5, 5.41) is 5.06. The van der Waals surface area contributed by atoms with E-state index in [2.05, 4.69) is 10.6 Å². The number of carbonyl (C=O) groups is 3. The maximum Gasteiger partial charge on any atom is 0.325 e. The third-order valence-electron chi connectivity index (χ3n) is 5.58. The first-order valence-corrected chi connectivity index (χ1v) is 10.1. The molecule has 0 radical (unpaired) electrons. The zero-order chi connectivity index (χ0) is 22.9. The van der Waals surface area contributed by atoms with Gasteiger partial charge in [-0.1, -0.05) is 12.1 Å². The second-order valence-electron chi connectivity index (χ2n) is 7.77. The van der Waals surface area contributed by atoms with E-state index in [4.69, 9.17) is 4.74 Å². The number of amides is 4. The van der Waals surface area contributed by atoms with E-state index in [1.165, 1.54) is 37.3 Å². The van der Waals surface area contributed by atoms with Crippen molar-refractivity contribution in [1.82, 2.24) is 10.2 Å². The van der Waals surface area contributed by atoms with Crippen molar-refractivity contribution in [2.24, 2.45) is 0 Å². The minimum Gasteiger partial charge on any atom is -0.378 e. The molecule has 2 saturated heterocycles. The maximum atomic E-state index is 14.5. The predicted molar refractivity (Wildman–Crippen MR) is 112 cm³/mol. The van der Waals surface area contributed by atoms with Gasteiger partial charge in [0.2, 0.25) is 5.91 Å². The lowest BCUT2D eigenvalue weighted by atomic mass is 9.92. The highest BCUT2D eigenvalue weighted by atomic mass is 19.1. The molecule has 1 unspecified atom stereocenters. The minimum atomic E-state index is -1.42. The lowest BCUT2D eigenvalue weighted by Gasteiger charge is -2.29. The van der Waals surface area contributed by atoms with Crippen LogP contribution in [0.3, 0.4) is 0 Å². The van der Waals surface area contributed by atoms with E-state index in [0.717, 1.165) is 4.90 Å². The Hall–Kier alpha value is -3.53. The Labute approximate surface area is 183 Å². The zero-order valence-corrected chi connectivity index (χ0v) is 17.4. The SMILES string of the molecule is CC1(c2ccc(F)cc2)NC(=O)N(CC(=O)Nc2ccc(N3CCOCC3)c(F)c2)C1=O. The average molecular weight is 444 g/mol. The normalized spacial score (nSPS) is 21.0. The van der Waals surface area contributed by atoms with Crippen LogP contribution in [0.15, 0.2) is 42.5 Å². The number of halogens is 2. The van der Waals surface area contributed by atoms with Crippen molar-refractivity contribution < 1.29 is 27.9 Å². The highest BCUT2D eigenvalue weighted by Gasteiger charge is 2.49. The predicted octanol–water partition coefficient (Wildman–Crippen LogP) is 2.21.